The number of nitrogens with zero attached hydrogens (tertiary/aromatic N) is 3. The molecule has 3 amide bonds. The first-order chi connectivity index (χ1) is 15.4. The van der Waals surface area contributed by atoms with E-state index in [0.717, 1.165) is 42.3 Å². The van der Waals surface area contributed by atoms with Crippen LogP contribution in [0.5, 0.6) is 0 Å². The van der Waals surface area contributed by atoms with Crippen molar-refractivity contribution >= 4 is 40.9 Å². The Morgan fingerprint density at radius 2 is 1.78 bits per heavy atom. The number of carboxylic acid groups (broad SMARTS) is 1. The number of carboxylic acids is 1. The van der Waals surface area contributed by atoms with Gasteiger partial charge in [-0.15, -0.1) is 0 Å². The van der Waals surface area contributed by atoms with Crippen LogP contribution in [-0.4, -0.2) is 62.1 Å². The van der Waals surface area contributed by atoms with Crippen molar-refractivity contribution in [3.8, 4) is 5.69 Å². The zero-order valence-electron chi connectivity index (χ0n) is 17.4. The lowest BCUT2D eigenvalue weighted by Gasteiger charge is -2.22. The van der Waals surface area contributed by atoms with Gasteiger partial charge in [0.05, 0.1) is 10.5 Å². The topological polar surface area (TPSA) is 99.9 Å². The van der Waals surface area contributed by atoms with Crippen LogP contribution in [0.15, 0.2) is 47.5 Å². The summed E-state index contributed by atoms with van der Waals surface area (Å²) in [6.45, 7) is 1.07. The van der Waals surface area contributed by atoms with Crippen molar-refractivity contribution in [2.45, 2.75) is 25.7 Å². The molecule has 0 aliphatic carbocycles. The Bertz CT molecular complexity index is 1100. The predicted octanol–water partition coefficient (Wildman–Crippen LogP) is 3.61. The largest absolute Gasteiger partial charge is 0.478 e. The van der Waals surface area contributed by atoms with E-state index in [1.807, 2.05) is 0 Å². The van der Waals surface area contributed by atoms with Crippen LogP contribution in [0.25, 0.3) is 11.8 Å². The molecule has 0 saturated carbocycles. The van der Waals surface area contributed by atoms with Crippen LogP contribution in [0.2, 0.25) is 0 Å². The summed E-state index contributed by atoms with van der Waals surface area (Å²) >= 11 is 0.805. The second-order valence-electron chi connectivity index (χ2n) is 7.72. The summed E-state index contributed by atoms with van der Waals surface area (Å²) in [6, 6.07) is 9.98. The van der Waals surface area contributed by atoms with Gasteiger partial charge in [0.2, 0.25) is 5.91 Å². The SMILES string of the molecule is O=C(O)c1cccc(-n2cccc2/C=C2/SC(=O)N(CC(=O)N3CCCCCC3)C2=O)c1. The Labute approximate surface area is 189 Å². The third-order valence-electron chi connectivity index (χ3n) is 5.56. The molecule has 2 aliphatic rings. The molecule has 0 radical (unpaired) electrons. The van der Waals surface area contributed by atoms with Crippen molar-refractivity contribution in [3.63, 3.8) is 0 Å². The van der Waals surface area contributed by atoms with Gasteiger partial charge < -0.3 is 14.6 Å². The molecule has 1 N–H and O–H groups in total. The van der Waals surface area contributed by atoms with Gasteiger partial charge in [-0.2, -0.15) is 0 Å². The van der Waals surface area contributed by atoms with Crippen molar-refractivity contribution in [1.29, 1.82) is 0 Å². The summed E-state index contributed by atoms with van der Waals surface area (Å²) in [7, 11) is 0. The van der Waals surface area contributed by atoms with Crippen molar-refractivity contribution < 1.29 is 24.3 Å². The van der Waals surface area contributed by atoms with Crippen LogP contribution < -0.4 is 0 Å². The first kappa shape index (κ1) is 21.9. The van der Waals surface area contributed by atoms with Crippen LogP contribution in [0, 0.1) is 0 Å². The van der Waals surface area contributed by atoms with Crippen molar-refractivity contribution in [2.75, 3.05) is 19.6 Å². The summed E-state index contributed by atoms with van der Waals surface area (Å²) in [5.74, 6) is -1.73. The average molecular weight is 454 g/mol. The number of rotatable bonds is 5. The number of carbonyl (C=O) groups excluding carboxylic acids is 3. The van der Waals surface area contributed by atoms with Crippen molar-refractivity contribution in [3.05, 3.63) is 58.8 Å². The standard InChI is InChI=1S/C23H23N3O5S/c27-20(24-10-3-1-2-4-11-24)15-26-21(28)19(32-23(26)31)14-18-9-6-12-25(18)17-8-5-7-16(13-17)22(29)30/h5-9,12-14H,1-4,10-11,15H2,(H,29,30)/b19-14+. The molecule has 3 heterocycles. The third kappa shape index (κ3) is 4.62. The molecule has 2 aliphatic heterocycles. The number of imide groups is 1. The summed E-state index contributed by atoms with van der Waals surface area (Å²) in [6.07, 6.45) is 7.39. The van der Waals surface area contributed by atoms with Crippen molar-refractivity contribution in [1.82, 2.24) is 14.4 Å². The minimum absolute atomic E-state index is 0.148. The summed E-state index contributed by atoms with van der Waals surface area (Å²) in [4.78, 5) is 52.2. The van der Waals surface area contributed by atoms with E-state index in [9.17, 15) is 24.3 Å². The summed E-state index contributed by atoms with van der Waals surface area (Å²) < 4.78 is 1.74. The molecule has 0 atom stereocenters. The predicted molar refractivity (Wildman–Crippen MR) is 120 cm³/mol. The number of aromatic nitrogens is 1. The lowest BCUT2D eigenvalue weighted by atomic mass is 10.2. The van der Waals surface area contributed by atoms with Gasteiger partial charge in [-0.25, -0.2) is 4.79 Å². The van der Waals surface area contributed by atoms with E-state index < -0.39 is 17.1 Å². The Morgan fingerprint density at radius 1 is 1.03 bits per heavy atom. The number of likely N-dealkylation sites (tertiary alicyclic amines) is 1. The van der Waals surface area contributed by atoms with Gasteiger partial charge in [0.1, 0.15) is 6.54 Å². The molecule has 1 aromatic carbocycles. The van der Waals surface area contributed by atoms with Crippen LogP contribution in [0.4, 0.5) is 4.79 Å². The highest BCUT2D eigenvalue weighted by molar-refractivity contribution is 8.18. The second-order valence-corrected chi connectivity index (χ2v) is 8.71. The summed E-state index contributed by atoms with van der Waals surface area (Å²) in [5.41, 5.74) is 1.39. The summed E-state index contributed by atoms with van der Waals surface area (Å²) in [5, 5.41) is 8.77. The van der Waals surface area contributed by atoms with Crippen molar-refractivity contribution in [2.24, 2.45) is 0 Å². The lowest BCUT2D eigenvalue weighted by Crippen LogP contribution is -2.42. The maximum absolute atomic E-state index is 12.9. The Kier molecular flexibility index (Phi) is 6.45. The number of aromatic carboxylic acids is 1. The fraction of sp³-hybridized carbons (Fsp3) is 0.304. The van der Waals surface area contributed by atoms with Crippen LogP contribution >= 0.6 is 11.8 Å². The number of hydrogen-bond donors (Lipinski definition) is 1. The van der Waals surface area contributed by atoms with E-state index in [-0.39, 0.29) is 22.9 Å². The highest BCUT2D eigenvalue weighted by atomic mass is 32.2. The van der Waals surface area contributed by atoms with E-state index in [2.05, 4.69) is 0 Å². The van der Waals surface area contributed by atoms with E-state index >= 15 is 0 Å². The number of hydrogen-bond acceptors (Lipinski definition) is 5. The highest BCUT2D eigenvalue weighted by Gasteiger charge is 2.37. The van der Waals surface area contributed by atoms with Gasteiger partial charge in [0.15, 0.2) is 0 Å². The quantitative estimate of drug-likeness (QED) is 0.694. The Morgan fingerprint density at radius 3 is 2.50 bits per heavy atom. The lowest BCUT2D eigenvalue weighted by molar-refractivity contribution is -0.135. The van der Waals surface area contributed by atoms with E-state index in [1.54, 1.807) is 46.0 Å². The number of benzene rings is 1. The minimum atomic E-state index is -1.03. The zero-order valence-corrected chi connectivity index (χ0v) is 18.2. The number of carbonyl (C=O) groups is 4. The van der Waals surface area contributed by atoms with Gasteiger partial charge in [0.25, 0.3) is 11.1 Å². The van der Waals surface area contributed by atoms with Gasteiger partial charge >= 0.3 is 5.97 Å². The average Bonchev–Trinajstić information content (AvgIpc) is 3.21. The first-order valence-electron chi connectivity index (χ1n) is 10.5. The fourth-order valence-corrected chi connectivity index (χ4v) is 4.68. The molecule has 8 nitrogen and oxygen atoms in total. The van der Waals surface area contributed by atoms with Gasteiger partial charge in [-0.1, -0.05) is 18.9 Å². The van der Waals surface area contributed by atoms with E-state index in [4.69, 9.17) is 0 Å². The molecular formula is C23H23N3O5S. The van der Waals surface area contributed by atoms with Crippen LogP contribution in [0.3, 0.4) is 0 Å². The number of amides is 3. The van der Waals surface area contributed by atoms with Gasteiger partial charge in [-0.3, -0.25) is 19.3 Å². The molecule has 1 aromatic heterocycles. The monoisotopic (exact) mass is 453 g/mol. The maximum Gasteiger partial charge on any atom is 0.335 e. The molecule has 4 rings (SSSR count). The third-order valence-corrected chi connectivity index (χ3v) is 6.46. The van der Waals surface area contributed by atoms with Crippen LogP contribution in [0.1, 0.15) is 41.7 Å². The molecule has 0 bridgehead atoms. The maximum atomic E-state index is 12.9. The smallest absolute Gasteiger partial charge is 0.335 e. The first-order valence-corrected chi connectivity index (χ1v) is 11.3. The Balaban J connectivity index is 1.53. The molecule has 2 saturated heterocycles. The second kappa shape index (κ2) is 9.44. The Hall–Kier alpha value is -3.33. The fourth-order valence-electron chi connectivity index (χ4n) is 3.86. The van der Waals surface area contributed by atoms with Gasteiger partial charge in [-0.05, 0) is 61.0 Å². The molecule has 9 heteroatoms. The molecule has 2 fully saturated rings. The molecule has 0 unspecified atom stereocenters. The van der Waals surface area contributed by atoms with Crippen LogP contribution in [-0.2, 0) is 9.59 Å². The van der Waals surface area contributed by atoms with E-state index in [1.165, 1.54) is 12.1 Å². The highest BCUT2D eigenvalue weighted by Crippen LogP contribution is 2.32. The molecule has 2 aromatic rings. The van der Waals surface area contributed by atoms with E-state index in [0.29, 0.717) is 24.5 Å². The van der Waals surface area contributed by atoms with Gasteiger partial charge in [0, 0.05) is 30.7 Å². The molecule has 32 heavy (non-hydrogen) atoms. The molecule has 166 valence electrons. The normalized spacial score (nSPS) is 18.3. The molecule has 0 spiro atoms. The number of thioether (sulfide) groups is 1. The zero-order chi connectivity index (χ0) is 22.7. The minimum Gasteiger partial charge on any atom is -0.478 e. The molecular weight excluding hydrogens is 430 g/mol.